The molecule has 0 aromatic carbocycles. The summed E-state index contributed by atoms with van der Waals surface area (Å²) in [5, 5.41) is 0. The van der Waals surface area contributed by atoms with Crippen molar-refractivity contribution in [3.8, 4) is 0 Å². The van der Waals surface area contributed by atoms with E-state index in [1.165, 1.54) is 77.0 Å². The Labute approximate surface area is 182 Å². The van der Waals surface area contributed by atoms with E-state index in [0.717, 1.165) is 0 Å². The van der Waals surface area contributed by atoms with Crippen LogP contribution >= 0.6 is 0 Å². The summed E-state index contributed by atoms with van der Waals surface area (Å²) in [7, 11) is -1.71. The van der Waals surface area contributed by atoms with Crippen LogP contribution in [0.4, 0.5) is 0 Å². The van der Waals surface area contributed by atoms with Gasteiger partial charge in [-0.05, 0) is 0 Å². The minimum absolute atomic E-state index is 0.853. The highest BCUT2D eigenvalue weighted by molar-refractivity contribution is 7.13. The quantitative estimate of drug-likeness (QED) is 0.135. The Hall–Kier alpha value is 0.434. The molecular formula is C26H56Si2. The first-order valence-corrected chi connectivity index (χ1v) is 19.3. The third-order valence-electron chi connectivity index (χ3n) is 7.74. The zero-order chi connectivity index (χ0) is 20.6. The van der Waals surface area contributed by atoms with Gasteiger partial charge in [0.2, 0.25) is 0 Å². The third kappa shape index (κ3) is 10.5. The highest BCUT2D eigenvalue weighted by Gasteiger charge is 2.54. The molecule has 1 aliphatic heterocycles. The van der Waals surface area contributed by atoms with Crippen LogP contribution in [-0.2, 0) is 0 Å². The van der Waals surface area contributed by atoms with Gasteiger partial charge in [-0.25, -0.2) is 0 Å². The van der Waals surface area contributed by atoms with Gasteiger partial charge < -0.3 is 0 Å². The molecule has 0 atom stereocenters. The summed E-state index contributed by atoms with van der Waals surface area (Å²) in [5.41, 5.74) is 3.74. The summed E-state index contributed by atoms with van der Waals surface area (Å²) < 4.78 is 0. The fourth-order valence-electron chi connectivity index (χ4n) is 6.20. The van der Waals surface area contributed by atoms with E-state index in [2.05, 4.69) is 27.7 Å². The number of rotatable bonds is 20. The molecule has 0 unspecified atom stereocenters. The van der Waals surface area contributed by atoms with Gasteiger partial charge >= 0.3 is 0 Å². The average Bonchev–Trinajstić information content (AvgIpc) is 2.67. The van der Waals surface area contributed by atoms with Crippen molar-refractivity contribution in [1.29, 1.82) is 0 Å². The first-order chi connectivity index (χ1) is 13.7. The summed E-state index contributed by atoms with van der Waals surface area (Å²) in [6, 6.07) is 6.88. The summed E-state index contributed by atoms with van der Waals surface area (Å²) in [5.74, 6) is 0. The Morgan fingerprint density at radius 1 is 0.357 bits per heavy atom. The highest BCUT2D eigenvalue weighted by Crippen LogP contribution is 2.52. The van der Waals surface area contributed by atoms with Crippen molar-refractivity contribution in [2.45, 2.75) is 166 Å². The lowest BCUT2D eigenvalue weighted by Crippen LogP contribution is -2.62. The molecule has 1 aliphatic rings. The van der Waals surface area contributed by atoms with Crippen molar-refractivity contribution in [3.63, 3.8) is 0 Å². The Morgan fingerprint density at radius 3 is 0.821 bits per heavy atom. The summed E-state index contributed by atoms with van der Waals surface area (Å²) in [4.78, 5) is 0. The lowest BCUT2D eigenvalue weighted by Gasteiger charge is -2.55. The molecule has 28 heavy (non-hydrogen) atoms. The molecule has 1 fully saturated rings. The van der Waals surface area contributed by atoms with Gasteiger partial charge in [0.25, 0.3) is 0 Å². The first-order valence-electron chi connectivity index (χ1n) is 13.7. The van der Waals surface area contributed by atoms with E-state index in [0.29, 0.717) is 0 Å². The van der Waals surface area contributed by atoms with Gasteiger partial charge in [-0.1, -0.05) is 166 Å². The molecule has 0 aliphatic carbocycles. The largest absolute Gasteiger partial charge is 0.0654 e. The minimum atomic E-state index is -0.853. The number of unbranched alkanes of at least 4 members (excludes halogenated alkanes) is 12. The highest BCUT2D eigenvalue weighted by atomic mass is 28.5. The second-order valence-electron chi connectivity index (χ2n) is 10.6. The van der Waals surface area contributed by atoms with Gasteiger partial charge in [0.1, 0.15) is 0 Å². The van der Waals surface area contributed by atoms with Gasteiger partial charge in [0.05, 0.1) is 0 Å². The summed E-state index contributed by atoms with van der Waals surface area (Å²) in [6.45, 7) is 9.47. The van der Waals surface area contributed by atoms with Crippen molar-refractivity contribution in [2.75, 3.05) is 0 Å². The van der Waals surface area contributed by atoms with Crippen LogP contribution in [0.1, 0.15) is 130 Å². The van der Waals surface area contributed by atoms with E-state index in [9.17, 15) is 0 Å². The second kappa shape index (κ2) is 16.2. The molecule has 0 radical (unpaired) electrons. The minimum Gasteiger partial charge on any atom is -0.0654 e. The Kier molecular flexibility index (Phi) is 15.3. The Morgan fingerprint density at radius 2 is 0.607 bits per heavy atom. The van der Waals surface area contributed by atoms with Crippen molar-refractivity contribution in [1.82, 2.24) is 0 Å². The molecule has 0 nitrogen and oxygen atoms in total. The SMILES string of the molecule is CCCCCC[Si]1(CCCCCC)C[Si](CCCCCC)(CCCCCC)C1. The lowest BCUT2D eigenvalue weighted by atomic mass is 10.2. The van der Waals surface area contributed by atoms with Crippen LogP contribution in [0.15, 0.2) is 0 Å². The topological polar surface area (TPSA) is 0 Å². The predicted molar refractivity (Wildman–Crippen MR) is 137 cm³/mol. The molecule has 0 aromatic heterocycles. The summed E-state index contributed by atoms with van der Waals surface area (Å²) >= 11 is 0. The number of hydrogen-bond acceptors (Lipinski definition) is 0. The monoisotopic (exact) mass is 424 g/mol. The zero-order valence-corrected chi connectivity index (χ0v) is 22.6. The molecule has 1 heterocycles. The zero-order valence-electron chi connectivity index (χ0n) is 20.6. The van der Waals surface area contributed by atoms with Crippen molar-refractivity contribution < 1.29 is 0 Å². The van der Waals surface area contributed by atoms with Crippen LogP contribution in [0, 0.1) is 0 Å². The first kappa shape index (κ1) is 26.5. The maximum absolute atomic E-state index is 2.37. The Bertz CT molecular complexity index is 286. The van der Waals surface area contributed by atoms with Crippen molar-refractivity contribution in [3.05, 3.63) is 0 Å². The fraction of sp³-hybridized carbons (Fsp3) is 1.00. The molecule has 0 N–H and O–H groups in total. The average molecular weight is 425 g/mol. The van der Waals surface area contributed by atoms with Gasteiger partial charge in [0, 0.05) is 16.1 Å². The fourth-order valence-corrected chi connectivity index (χ4v) is 28.7. The molecule has 1 saturated heterocycles. The van der Waals surface area contributed by atoms with E-state index >= 15 is 0 Å². The lowest BCUT2D eigenvalue weighted by molar-refractivity contribution is 0.667. The van der Waals surface area contributed by atoms with E-state index in [1.807, 2.05) is 11.3 Å². The maximum Gasteiger partial charge on any atom is 0.0483 e. The van der Waals surface area contributed by atoms with Gasteiger partial charge in [-0.2, -0.15) is 0 Å². The van der Waals surface area contributed by atoms with Crippen LogP contribution in [0.3, 0.4) is 0 Å². The molecule has 0 spiro atoms. The molecule has 0 saturated carbocycles. The normalized spacial score (nSPS) is 17.6. The van der Waals surface area contributed by atoms with Crippen LogP contribution in [-0.4, -0.2) is 16.1 Å². The van der Waals surface area contributed by atoms with Gasteiger partial charge in [-0.3, -0.25) is 0 Å². The molecule has 1 rings (SSSR count). The molecule has 2 heteroatoms. The van der Waals surface area contributed by atoms with E-state index in [-0.39, 0.29) is 0 Å². The van der Waals surface area contributed by atoms with E-state index in [1.54, 1.807) is 49.9 Å². The number of hydrogen-bond donors (Lipinski definition) is 0. The maximum atomic E-state index is 2.37. The molecule has 0 aromatic rings. The van der Waals surface area contributed by atoms with E-state index in [4.69, 9.17) is 0 Å². The Balaban J connectivity index is 2.58. The smallest absolute Gasteiger partial charge is 0.0483 e. The second-order valence-corrected chi connectivity index (χ2v) is 21.4. The molecule has 0 amide bonds. The molecule has 168 valence electrons. The van der Waals surface area contributed by atoms with E-state index < -0.39 is 16.1 Å². The van der Waals surface area contributed by atoms with Crippen LogP contribution in [0.25, 0.3) is 0 Å². The third-order valence-corrected chi connectivity index (χ3v) is 25.4. The molecular weight excluding hydrogens is 368 g/mol. The van der Waals surface area contributed by atoms with Crippen LogP contribution < -0.4 is 0 Å². The summed E-state index contributed by atoms with van der Waals surface area (Å²) in [6.07, 6.45) is 24.0. The molecule has 0 bridgehead atoms. The van der Waals surface area contributed by atoms with Gasteiger partial charge in [0.15, 0.2) is 0 Å². The van der Waals surface area contributed by atoms with Crippen molar-refractivity contribution >= 4 is 16.1 Å². The van der Waals surface area contributed by atoms with Crippen LogP contribution in [0.5, 0.6) is 0 Å². The standard InChI is InChI=1S/C26H56Si2/c1-5-9-13-17-21-27(22-18-14-10-6-2)25-28(26-27,23-19-15-11-7-3)24-20-16-12-8-4/h5-26H2,1-4H3. The van der Waals surface area contributed by atoms with Crippen LogP contribution in [0.2, 0.25) is 35.5 Å². The predicted octanol–water partition coefficient (Wildman–Crippen LogP) is 10.3. The van der Waals surface area contributed by atoms with Crippen molar-refractivity contribution in [2.24, 2.45) is 0 Å². The van der Waals surface area contributed by atoms with Gasteiger partial charge in [-0.15, -0.1) is 0 Å².